The standard InChI is InChI=1S/C15H14N4O2/c16-9-12-1-2-14(17-10-12)18-4-6-19(7-5-18)15(20)13-3-8-21-11-13/h1-3,8,10-11H,4-7H2. The number of rotatable bonds is 2. The number of nitrogens with zero attached hydrogens (tertiary/aromatic N) is 4. The number of piperazine rings is 1. The normalized spacial score (nSPS) is 14.8. The highest BCUT2D eigenvalue weighted by Crippen LogP contribution is 2.15. The van der Waals surface area contributed by atoms with Crippen LogP contribution in [0.3, 0.4) is 0 Å². The summed E-state index contributed by atoms with van der Waals surface area (Å²) in [5.74, 6) is 0.834. The first-order valence-electron chi connectivity index (χ1n) is 6.70. The van der Waals surface area contributed by atoms with Crippen LogP contribution < -0.4 is 4.90 Å². The zero-order chi connectivity index (χ0) is 14.7. The van der Waals surface area contributed by atoms with Gasteiger partial charge in [0, 0.05) is 32.4 Å². The van der Waals surface area contributed by atoms with Gasteiger partial charge in [0.25, 0.3) is 5.91 Å². The Labute approximate surface area is 122 Å². The summed E-state index contributed by atoms with van der Waals surface area (Å²) < 4.78 is 4.94. The topological polar surface area (TPSA) is 73.4 Å². The third-order valence-corrected chi connectivity index (χ3v) is 3.54. The smallest absolute Gasteiger partial charge is 0.257 e. The molecular formula is C15H14N4O2. The number of pyridine rings is 1. The summed E-state index contributed by atoms with van der Waals surface area (Å²) in [7, 11) is 0. The van der Waals surface area contributed by atoms with Gasteiger partial charge in [-0.1, -0.05) is 0 Å². The number of aromatic nitrogens is 1. The molecule has 0 N–H and O–H groups in total. The van der Waals surface area contributed by atoms with Crippen molar-refractivity contribution >= 4 is 11.7 Å². The summed E-state index contributed by atoms with van der Waals surface area (Å²) in [5, 5.41) is 8.77. The molecule has 1 fully saturated rings. The van der Waals surface area contributed by atoms with E-state index >= 15 is 0 Å². The van der Waals surface area contributed by atoms with E-state index in [1.807, 2.05) is 11.0 Å². The fraction of sp³-hybridized carbons (Fsp3) is 0.267. The number of hydrogen-bond donors (Lipinski definition) is 0. The van der Waals surface area contributed by atoms with Crippen molar-refractivity contribution in [2.45, 2.75) is 0 Å². The van der Waals surface area contributed by atoms with E-state index in [9.17, 15) is 4.79 Å². The highest BCUT2D eigenvalue weighted by Gasteiger charge is 2.23. The Morgan fingerprint density at radius 3 is 2.62 bits per heavy atom. The number of amides is 1. The third-order valence-electron chi connectivity index (χ3n) is 3.54. The summed E-state index contributed by atoms with van der Waals surface area (Å²) in [5.41, 5.74) is 1.13. The first kappa shape index (κ1) is 13.2. The van der Waals surface area contributed by atoms with Crippen molar-refractivity contribution in [2.24, 2.45) is 0 Å². The van der Waals surface area contributed by atoms with E-state index in [2.05, 4.69) is 16.0 Å². The molecule has 0 radical (unpaired) electrons. The van der Waals surface area contributed by atoms with Crippen LogP contribution in [0.5, 0.6) is 0 Å². The summed E-state index contributed by atoms with van der Waals surface area (Å²) in [6, 6.07) is 7.32. The Balaban J connectivity index is 1.62. The second-order valence-corrected chi connectivity index (χ2v) is 4.81. The number of anilines is 1. The molecule has 2 aromatic rings. The summed E-state index contributed by atoms with van der Waals surface area (Å²) in [6.45, 7) is 2.74. The number of carbonyl (C=O) groups excluding carboxylic acids is 1. The average molecular weight is 282 g/mol. The van der Waals surface area contributed by atoms with Gasteiger partial charge in [-0.05, 0) is 18.2 Å². The molecule has 1 aliphatic heterocycles. The Bertz CT molecular complexity index is 650. The fourth-order valence-electron chi connectivity index (χ4n) is 2.35. The Kier molecular flexibility index (Phi) is 3.56. The molecule has 0 spiro atoms. The lowest BCUT2D eigenvalue weighted by atomic mass is 10.2. The number of furan rings is 1. The highest BCUT2D eigenvalue weighted by molar-refractivity contribution is 5.94. The van der Waals surface area contributed by atoms with E-state index in [0.717, 1.165) is 18.9 Å². The molecule has 0 atom stereocenters. The van der Waals surface area contributed by atoms with Crippen LogP contribution in [0.15, 0.2) is 41.3 Å². The molecule has 21 heavy (non-hydrogen) atoms. The number of hydrogen-bond acceptors (Lipinski definition) is 5. The van der Waals surface area contributed by atoms with E-state index in [1.54, 1.807) is 18.3 Å². The predicted octanol–water partition coefficient (Wildman–Crippen LogP) is 1.51. The molecule has 0 saturated carbocycles. The molecular weight excluding hydrogens is 268 g/mol. The monoisotopic (exact) mass is 282 g/mol. The second kappa shape index (κ2) is 5.67. The van der Waals surface area contributed by atoms with Gasteiger partial charge in [-0.2, -0.15) is 5.26 Å². The summed E-state index contributed by atoms with van der Waals surface area (Å²) in [4.78, 5) is 20.4. The molecule has 2 aromatic heterocycles. The maximum absolute atomic E-state index is 12.2. The van der Waals surface area contributed by atoms with E-state index in [4.69, 9.17) is 9.68 Å². The lowest BCUT2D eigenvalue weighted by molar-refractivity contribution is 0.0746. The van der Waals surface area contributed by atoms with Crippen molar-refractivity contribution in [1.29, 1.82) is 5.26 Å². The van der Waals surface area contributed by atoms with Gasteiger partial charge in [-0.25, -0.2) is 4.98 Å². The summed E-state index contributed by atoms with van der Waals surface area (Å²) >= 11 is 0. The Morgan fingerprint density at radius 1 is 1.24 bits per heavy atom. The minimum atomic E-state index is -0.00353. The Morgan fingerprint density at radius 2 is 2.05 bits per heavy atom. The minimum absolute atomic E-state index is 0.00353. The average Bonchev–Trinajstić information content (AvgIpc) is 3.09. The van der Waals surface area contributed by atoms with Crippen LogP contribution >= 0.6 is 0 Å². The Hall–Kier alpha value is -2.81. The molecule has 1 saturated heterocycles. The molecule has 0 aromatic carbocycles. The zero-order valence-corrected chi connectivity index (χ0v) is 11.4. The van der Waals surface area contributed by atoms with Gasteiger partial charge in [0.05, 0.1) is 17.4 Å². The molecule has 1 aliphatic rings. The fourth-order valence-corrected chi connectivity index (χ4v) is 2.35. The van der Waals surface area contributed by atoms with E-state index in [0.29, 0.717) is 24.2 Å². The quantitative estimate of drug-likeness (QED) is 0.834. The van der Waals surface area contributed by atoms with Crippen LogP contribution in [0.2, 0.25) is 0 Å². The first-order valence-corrected chi connectivity index (χ1v) is 6.70. The van der Waals surface area contributed by atoms with Crippen molar-refractivity contribution in [3.8, 4) is 6.07 Å². The van der Waals surface area contributed by atoms with Gasteiger partial charge in [0.1, 0.15) is 18.2 Å². The molecule has 0 bridgehead atoms. The van der Waals surface area contributed by atoms with Gasteiger partial charge in [-0.15, -0.1) is 0 Å². The maximum Gasteiger partial charge on any atom is 0.257 e. The maximum atomic E-state index is 12.2. The number of nitriles is 1. The lowest BCUT2D eigenvalue weighted by Crippen LogP contribution is -2.49. The van der Waals surface area contributed by atoms with Crippen molar-refractivity contribution in [2.75, 3.05) is 31.1 Å². The lowest BCUT2D eigenvalue weighted by Gasteiger charge is -2.35. The van der Waals surface area contributed by atoms with Gasteiger partial charge in [-0.3, -0.25) is 4.79 Å². The molecule has 6 heteroatoms. The zero-order valence-electron chi connectivity index (χ0n) is 11.4. The molecule has 3 rings (SSSR count). The van der Waals surface area contributed by atoms with Crippen LogP contribution in [-0.4, -0.2) is 42.0 Å². The highest BCUT2D eigenvalue weighted by atomic mass is 16.3. The van der Waals surface area contributed by atoms with E-state index in [-0.39, 0.29) is 5.91 Å². The van der Waals surface area contributed by atoms with E-state index in [1.165, 1.54) is 12.5 Å². The largest absolute Gasteiger partial charge is 0.472 e. The van der Waals surface area contributed by atoms with Crippen LogP contribution in [-0.2, 0) is 0 Å². The first-order chi connectivity index (χ1) is 10.3. The van der Waals surface area contributed by atoms with Gasteiger partial charge in [0.2, 0.25) is 0 Å². The van der Waals surface area contributed by atoms with Crippen LogP contribution in [0.1, 0.15) is 15.9 Å². The summed E-state index contributed by atoms with van der Waals surface area (Å²) in [6.07, 6.45) is 4.54. The SMILES string of the molecule is N#Cc1ccc(N2CCN(C(=O)c3ccoc3)CC2)nc1. The van der Waals surface area contributed by atoms with Crippen LogP contribution in [0, 0.1) is 11.3 Å². The molecule has 0 unspecified atom stereocenters. The van der Waals surface area contributed by atoms with Gasteiger partial charge in [0.15, 0.2) is 0 Å². The van der Waals surface area contributed by atoms with Crippen LogP contribution in [0.4, 0.5) is 5.82 Å². The molecule has 1 amide bonds. The van der Waals surface area contributed by atoms with Gasteiger partial charge >= 0.3 is 0 Å². The van der Waals surface area contributed by atoms with Crippen molar-refractivity contribution in [1.82, 2.24) is 9.88 Å². The second-order valence-electron chi connectivity index (χ2n) is 4.81. The van der Waals surface area contributed by atoms with Crippen molar-refractivity contribution < 1.29 is 9.21 Å². The van der Waals surface area contributed by atoms with E-state index < -0.39 is 0 Å². The predicted molar refractivity (Wildman–Crippen MR) is 75.8 cm³/mol. The van der Waals surface area contributed by atoms with Gasteiger partial charge < -0.3 is 14.2 Å². The molecule has 6 nitrogen and oxygen atoms in total. The van der Waals surface area contributed by atoms with Crippen LogP contribution in [0.25, 0.3) is 0 Å². The minimum Gasteiger partial charge on any atom is -0.472 e. The molecule has 3 heterocycles. The number of carbonyl (C=O) groups is 1. The van der Waals surface area contributed by atoms with Crippen molar-refractivity contribution in [3.05, 3.63) is 48.0 Å². The van der Waals surface area contributed by atoms with Crippen molar-refractivity contribution in [3.63, 3.8) is 0 Å². The molecule has 0 aliphatic carbocycles. The third kappa shape index (κ3) is 2.72. The molecule has 106 valence electrons.